The van der Waals surface area contributed by atoms with E-state index in [-0.39, 0.29) is 35.8 Å². The van der Waals surface area contributed by atoms with Gasteiger partial charge in [-0.05, 0) is 55.2 Å². The minimum Gasteiger partial charge on any atom is -0.490 e. The molecule has 0 spiro atoms. The van der Waals surface area contributed by atoms with E-state index in [1.165, 1.54) is 24.3 Å². The number of ether oxygens (including phenoxy) is 1. The molecule has 2 aromatic rings. The Kier molecular flexibility index (Phi) is 4.88. The van der Waals surface area contributed by atoms with E-state index >= 15 is 4.39 Å². The summed E-state index contributed by atoms with van der Waals surface area (Å²) in [4.78, 5) is -0.0167. The van der Waals surface area contributed by atoms with Crippen LogP contribution in [0.2, 0.25) is 5.02 Å². The molecule has 1 fully saturated rings. The Morgan fingerprint density at radius 3 is 2.50 bits per heavy atom. The highest BCUT2D eigenvalue weighted by molar-refractivity contribution is 7.92. The van der Waals surface area contributed by atoms with E-state index < -0.39 is 38.1 Å². The van der Waals surface area contributed by atoms with Crippen molar-refractivity contribution in [2.45, 2.75) is 28.9 Å². The summed E-state index contributed by atoms with van der Waals surface area (Å²) in [6.07, 6.45) is 1.18. The largest absolute Gasteiger partial charge is 0.490 e. The molecule has 3 atom stereocenters. The van der Waals surface area contributed by atoms with Gasteiger partial charge >= 0.3 is 0 Å². The fourth-order valence-corrected chi connectivity index (χ4v) is 7.30. The standard InChI is InChI=1S/C20H19ClF2O4S/c21-13-3-5-14(6-4-13)28(25,26)20-9-1-2-12(10-24)15(20)11-27-19-17(23)8-7-16(22)18(19)20/h3-8,12,15,24H,1-2,9-11H2/t12-,15-,20-/m1/s1. The normalized spacial score (nSPS) is 26.9. The summed E-state index contributed by atoms with van der Waals surface area (Å²) in [5.74, 6) is -3.07. The first-order chi connectivity index (χ1) is 13.3. The molecule has 4 nitrogen and oxygen atoms in total. The van der Waals surface area contributed by atoms with E-state index in [1.807, 2.05) is 0 Å². The third-order valence-corrected chi connectivity index (χ3v) is 8.83. The quantitative estimate of drug-likeness (QED) is 0.799. The Hall–Kier alpha value is -1.70. The number of aliphatic hydroxyl groups excluding tert-OH is 1. The zero-order chi connectivity index (χ0) is 20.1. The molecule has 2 aliphatic rings. The molecule has 1 N–H and O–H groups in total. The van der Waals surface area contributed by atoms with Crippen LogP contribution in [0.1, 0.15) is 24.8 Å². The van der Waals surface area contributed by atoms with Gasteiger partial charge in [-0.1, -0.05) is 18.0 Å². The minimum absolute atomic E-state index is 0.0167. The van der Waals surface area contributed by atoms with Crippen LogP contribution in [0.15, 0.2) is 41.3 Å². The molecule has 4 rings (SSSR count). The van der Waals surface area contributed by atoms with Gasteiger partial charge < -0.3 is 9.84 Å². The van der Waals surface area contributed by atoms with Gasteiger partial charge in [0.1, 0.15) is 10.6 Å². The lowest BCUT2D eigenvalue weighted by Crippen LogP contribution is -2.54. The maximum absolute atomic E-state index is 15.0. The Morgan fingerprint density at radius 1 is 1.14 bits per heavy atom. The van der Waals surface area contributed by atoms with E-state index in [2.05, 4.69) is 0 Å². The monoisotopic (exact) mass is 428 g/mol. The van der Waals surface area contributed by atoms with Crippen LogP contribution in [-0.2, 0) is 14.6 Å². The van der Waals surface area contributed by atoms with E-state index in [9.17, 15) is 17.9 Å². The molecule has 0 unspecified atom stereocenters. The Balaban J connectivity index is 2.04. The van der Waals surface area contributed by atoms with Crippen molar-refractivity contribution in [3.05, 3.63) is 58.6 Å². The Bertz CT molecular complexity index is 1010. The van der Waals surface area contributed by atoms with Gasteiger partial charge in [0.15, 0.2) is 21.4 Å². The van der Waals surface area contributed by atoms with E-state index in [4.69, 9.17) is 16.3 Å². The number of halogens is 3. The molecule has 0 saturated heterocycles. The highest BCUT2D eigenvalue weighted by Gasteiger charge is 2.60. The second kappa shape index (κ2) is 6.97. The first-order valence-corrected chi connectivity index (χ1v) is 10.9. The summed E-state index contributed by atoms with van der Waals surface area (Å²) in [6, 6.07) is 7.52. The number of hydrogen-bond donors (Lipinski definition) is 1. The maximum Gasteiger partial charge on any atom is 0.188 e. The molecular formula is C20H19ClF2O4S. The molecule has 0 aromatic heterocycles. The van der Waals surface area contributed by atoms with Crippen molar-refractivity contribution in [3.63, 3.8) is 0 Å². The van der Waals surface area contributed by atoms with Crippen LogP contribution >= 0.6 is 11.6 Å². The molecular weight excluding hydrogens is 410 g/mol. The number of fused-ring (bicyclic) bond motifs is 3. The fraction of sp³-hybridized carbons (Fsp3) is 0.400. The van der Waals surface area contributed by atoms with Crippen molar-refractivity contribution >= 4 is 21.4 Å². The lowest BCUT2D eigenvalue weighted by atomic mass is 9.67. The third kappa shape index (κ3) is 2.67. The van der Waals surface area contributed by atoms with Gasteiger partial charge in [-0.2, -0.15) is 0 Å². The molecule has 0 bridgehead atoms. The zero-order valence-electron chi connectivity index (χ0n) is 14.9. The Morgan fingerprint density at radius 2 is 1.82 bits per heavy atom. The van der Waals surface area contributed by atoms with Crippen LogP contribution in [0, 0.1) is 23.5 Å². The first kappa shape index (κ1) is 19.6. The molecule has 1 aliphatic carbocycles. The molecule has 1 saturated carbocycles. The lowest BCUT2D eigenvalue weighted by molar-refractivity contribution is 0.0430. The zero-order valence-corrected chi connectivity index (χ0v) is 16.4. The van der Waals surface area contributed by atoms with Gasteiger partial charge in [-0.3, -0.25) is 0 Å². The van der Waals surface area contributed by atoms with Crippen LogP contribution in [0.25, 0.3) is 0 Å². The number of aliphatic hydroxyl groups is 1. The summed E-state index contributed by atoms with van der Waals surface area (Å²) in [7, 11) is -4.15. The molecule has 0 radical (unpaired) electrons. The van der Waals surface area contributed by atoms with Crippen LogP contribution in [0.3, 0.4) is 0 Å². The minimum atomic E-state index is -4.15. The highest BCUT2D eigenvalue weighted by Crippen LogP contribution is 2.57. The van der Waals surface area contributed by atoms with Crippen molar-refractivity contribution in [2.24, 2.45) is 11.8 Å². The molecule has 1 aliphatic heterocycles. The fourth-order valence-electron chi connectivity index (χ4n) is 4.73. The summed E-state index contributed by atoms with van der Waals surface area (Å²) >= 11 is 5.90. The van der Waals surface area contributed by atoms with Gasteiger partial charge in [0.25, 0.3) is 0 Å². The van der Waals surface area contributed by atoms with E-state index in [1.54, 1.807) is 0 Å². The second-order valence-electron chi connectivity index (χ2n) is 7.33. The number of rotatable bonds is 3. The van der Waals surface area contributed by atoms with Crippen molar-refractivity contribution in [1.82, 2.24) is 0 Å². The molecule has 0 amide bonds. The van der Waals surface area contributed by atoms with Crippen LogP contribution < -0.4 is 4.74 Å². The average molecular weight is 429 g/mol. The molecule has 1 heterocycles. The third-order valence-electron chi connectivity index (χ3n) is 6.02. The van der Waals surface area contributed by atoms with Gasteiger partial charge in [-0.25, -0.2) is 17.2 Å². The van der Waals surface area contributed by atoms with Crippen LogP contribution in [0.5, 0.6) is 5.75 Å². The van der Waals surface area contributed by atoms with Crippen molar-refractivity contribution < 1.29 is 27.0 Å². The predicted molar refractivity (Wildman–Crippen MR) is 100 cm³/mol. The SMILES string of the molecule is O=S(=O)(c1ccc(Cl)cc1)[C@]12CCC[C@H](CO)[C@H]1COc1c(F)ccc(F)c12. The van der Waals surface area contributed by atoms with Crippen molar-refractivity contribution in [3.8, 4) is 5.75 Å². The molecule has 8 heteroatoms. The van der Waals surface area contributed by atoms with Crippen molar-refractivity contribution in [1.29, 1.82) is 0 Å². The summed E-state index contributed by atoms with van der Waals surface area (Å²) in [5.41, 5.74) is -0.267. The predicted octanol–water partition coefficient (Wildman–Crippen LogP) is 4.09. The highest BCUT2D eigenvalue weighted by atomic mass is 35.5. The van der Waals surface area contributed by atoms with Crippen molar-refractivity contribution in [2.75, 3.05) is 13.2 Å². The lowest BCUT2D eigenvalue weighted by Gasteiger charge is -2.50. The average Bonchev–Trinajstić information content (AvgIpc) is 2.69. The smallest absolute Gasteiger partial charge is 0.188 e. The van der Waals surface area contributed by atoms with Crippen LogP contribution in [-0.4, -0.2) is 26.7 Å². The van der Waals surface area contributed by atoms with E-state index in [0.717, 1.165) is 12.1 Å². The molecule has 2 aromatic carbocycles. The Labute approximate surface area is 167 Å². The van der Waals surface area contributed by atoms with Gasteiger partial charge in [0.2, 0.25) is 0 Å². The number of sulfone groups is 1. The summed E-state index contributed by atoms with van der Waals surface area (Å²) in [5, 5.41) is 10.2. The topological polar surface area (TPSA) is 63.6 Å². The maximum atomic E-state index is 15.0. The van der Waals surface area contributed by atoms with Gasteiger partial charge in [-0.15, -0.1) is 0 Å². The van der Waals surface area contributed by atoms with E-state index in [0.29, 0.717) is 17.9 Å². The van der Waals surface area contributed by atoms with Gasteiger partial charge in [0, 0.05) is 17.5 Å². The molecule has 28 heavy (non-hydrogen) atoms. The molecule has 150 valence electrons. The summed E-state index contributed by atoms with van der Waals surface area (Å²) in [6.45, 7) is -0.358. The van der Waals surface area contributed by atoms with Gasteiger partial charge in [0.05, 0.1) is 17.1 Å². The number of benzene rings is 2. The number of hydrogen-bond acceptors (Lipinski definition) is 4. The first-order valence-electron chi connectivity index (χ1n) is 9.05. The second-order valence-corrected chi connectivity index (χ2v) is 9.98. The summed E-state index contributed by atoms with van der Waals surface area (Å²) < 4.78 is 61.0. The van der Waals surface area contributed by atoms with Crippen LogP contribution in [0.4, 0.5) is 8.78 Å².